The van der Waals surface area contributed by atoms with Crippen molar-refractivity contribution in [3.05, 3.63) is 34.6 Å². The molecule has 2 rings (SSSR count). The van der Waals surface area contributed by atoms with Crippen LogP contribution in [0.3, 0.4) is 0 Å². The predicted octanol–water partition coefficient (Wildman–Crippen LogP) is 3.23. The highest BCUT2D eigenvalue weighted by molar-refractivity contribution is 5.33. The van der Waals surface area contributed by atoms with E-state index in [1.807, 2.05) is 26.8 Å². The molecule has 1 nitrogen and oxygen atoms in total. The van der Waals surface area contributed by atoms with E-state index in [2.05, 4.69) is 0 Å². The second kappa shape index (κ2) is 5.11. The van der Waals surface area contributed by atoms with Gasteiger partial charge in [-0.1, -0.05) is 19.9 Å². The van der Waals surface area contributed by atoms with Crippen LogP contribution in [0.15, 0.2) is 12.1 Å². The molecule has 0 spiro atoms. The van der Waals surface area contributed by atoms with E-state index in [4.69, 9.17) is 4.74 Å². The first-order chi connectivity index (χ1) is 6.77. The highest BCUT2D eigenvalue weighted by atomic mass is 19.1. The zero-order valence-corrected chi connectivity index (χ0v) is 9.06. The van der Waals surface area contributed by atoms with E-state index in [0.717, 1.165) is 16.7 Å². The fraction of sp³-hybridized carbons (Fsp3) is 0.500. The minimum atomic E-state index is -0.0756. The van der Waals surface area contributed by atoms with Crippen molar-refractivity contribution in [1.29, 1.82) is 0 Å². The van der Waals surface area contributed by atoms with Crippen molar-refractivity contribution in [3.63, 3.8) is 0 Å². The summed E-state index contributed by atoms with van der Waals surface area (Å²) in [6.45, 7) is 7.11. The lowest BCUT2D eigenvalue weighted by Gasteiger charge is -2.17. The van der Waals surface area contributed by atoms with Crippen molar-refractivity contribution in [1.82, 2.24) is 0 Å². The smallest absolute Gasteiger partial charge is 0.127 e. The highest BCUT2D eigenvalue weighted by Gasteiger charge is 2.13. The van der Waals surface area contributed by atoms with Gasteiger partial charge >= 0.3 is 0 Å². The first kappa shape index (κ1) is 11.2. The van der Waals surface area contributed by atoms with Gasteiger partial charge in [0.1, 0.15) is 5.82 Å². The minimum Gasteiger partial charge on any atom is -0.376 e. The van der Waals surface area contributed by atoms with Gasteiger partial charge in [0, 0.05) is 0 Å². The molecule has 0 fully saturated rings. The van der Waals surface area contributed by atoms with Crippen LogP contribution in [0, 0.1) is 12.7 Å². The number of halogens is 1. The number of ether oxygens (including phenoxy) is 1. The van der Waals surface area contributed by atoms with Gasteiger partial charge in [-0.15, -0.1) is 0 Å². The molecule has 1 aliphatic heterocycles. The fourth-order valence-corrected chi connectivity index (χ4v) is 1.61. The first-order valence-corrected chi connectivity index (χ1v) is 5.13. The number of aryl methyl sites for hydroxylation is 1. The summed E-state index contributed by atoms with van der Waals surface area (Å²) in [6, 6.07) is 3.59. The van der Waals surface area contributed by atoms with Gasteiger partial charge in [0.05, 0.1) is 13.2 Å². The third kappa shape index (κ3) is 2.32. The van der Waals surface area contributed by atoms with Gasteiger partial charge in [0.15, 0.2) is 0 Å². The molecule has 0 saturated heterocycles. The summed E-state index contributed by atoms with van der Waals surface area (Å²) in [5.41, 5.74) is 2.82. The van der Waals surface area contributed by atoms with Gasteiger partial charge in [0.25, 0.3) is 0 Å². The maximum atomic E-state index is 13.3. The summed E-state index contributed by atoms with van der Waals surface area (Å²) in [5, 5.41) is 0. The number of benzene rings is 1. The normalized spacial score (nSPS) is 14.0. The predicted molar refractivity (Wildman–Crippen MR) is 55.8 cm³/mol. The lowest BCUT2D eigenvalue weighted by molar-refractivity contribution is 0.109. The molecule has 0 aromatic heterocycles. The molecule has 0 saturated carbocycles. The number of rotatable bonds is 0. The summed E-state index contributed by atoms with van der Waals surface area (Å²) in [5.74, 6) is -0.0756. The molecule has 0 N–H and O–H groups in total. The van der Waals surface area contributed by atoms with Crippen LogP contribution in [0.5, 0.6) is 0 Å². The van der Waals surface area contributed by atoms with Crippen LogP contribution >= 0.6 is 0 Å². The van der Waals surface area contributed by atoms with Crippen LogP contribution in [-0.4, -0.2) is 6.61 Å². The molecule has 1 heterocycles. The van der Waals surface area contributed by atoms with E-state index >= 15 is 0 Å². The third-order valence-electron chi connectivity index (χ3n) is 2.19. The fourth-order valence-electron chi connectivity index (χ4n) is 1.61. The molecule has 0 radical (unpaired) electrons. The minimum absolute atomic E-state index is 0.0756. The Hall–Kier alpha value is -0.890. The molecule has 14 heavy (non-hydrogen) atoms. The van der Waals surface area contributed by atoms with Crippen LogP contribution in [0.1, 0.15) is 30.5 Å². The Balaban J connectivity index is 0.000000461. The topological polar surface area (TPSA) is 9.23 Å². The van der Waals surface area contributed by atoms with Gasteiger partial charge < -0.3 is 4.74 Å². The summed E-state index contributed by atoms with van der Waals surface area (Å²) >= 11 is 0. The first-order valence-electron chi connectivity index (χ1n) is 5.13. The molecule has 78 valence electrons. The maximum absolute atomic E-state index is 13.3. The molecule has 1 aromatic rings. The molecule has 0 atom stereocenters. The second-order valence-corrected chi connectivity index (χ2v) is 3.19. The summed E-state index contributed by atoms with van der Waals surface area (Å²) in [6.07, 6.45) is 0.710. The largest absolute Gasteiger partial charge is 0.376 e. The van der Waals surface area contributed by atoms with Crippen LogP contribution in [0.25, 0.3) is 0 Å². The van der Waals surface area contributed by atoms with Crippen LogP contribution in [0.4, 0.5) is 4.39 Å². The molecular weight excluding hydrogens is 179 g/mol. The van der Waals surface area contributed by atoms with Crippen molar-refractivity contribution in [2.24, 2.45) is 0 Å². The molecule has 1 aromatic carbocycles. The number of hydrogen-bond donors (Lipinski definition) is 0. The Bertz CT molecular complexity index is 307. The van der Waals surface area contributed by atoms with Crippen LogP contribution in [-0.2, 0) is 17.8 Å². The molecule has 0 aliphatic carbocycles. The average Bonchev–Trinajstić information content (AvgIpc) is 2.20. The monoisotopic (exact) mass is 196 g/mol. The van der Waals surface area contributed by atoms with E-state index < -0.39 is 0 Å². The molecule has 2 heteroatoms. The summed E-state index contributed by atoms with van der Waals surface area (Å²) in [7, 11) is 0. The number of fused-ring (bicyclic) bond motifs is 1. The van der Waals surface area contributed by atoms with Crippen molar-refractivity contribution >= 4 is 0 Å². The Morgan fingerprint density at radius 1 is 1.29 bits per heavy atom. The Morgan fingerprint density at radius 3 is 2.71 bits per heavy atom. The third-order valence-corrected chi connectivity index (χ3v) is 2.19. The van der Waals surface area contributed by atoms with Crippen molar-refractivity contribution in [2.75, 3.05) is 6.61 Å². The van der Waals surface area contributed by atoms with E-state index in [1.165, 1.54) is 0 Å². The van der Waals surface area contributed by atoms with E-state index in [9.17, 15) is 4.39 Å². The summed E-state index contributed by atoms with van der Waals surface area (Å²) in [4.78, 5) is 0. The number of hydrogen-bond acceptors (Lipinski definition) is 1. The van der Waals surface area contributed by atoms with Crippen molar-refractivity contribution in [3.8, 4) is 0 Å². The van der Waals surface area contributed by atoms with E-state index in [0.29, 0.717) is 19.6 Å². The Morgan fingerprint density at radius 2 is 2.00 bits per heavy atom. The van der Waals surface area contributed by atoms with E-state index in [1.54, 1.807) is 6.07 Å². The molecule has 0 bridgehead atoms. The van der Waals surface area contributed by atoms with Crippen molar-refractivity contribution < 1.29 is 9.13 Å². The molecular formula is C12H17FO. The highest BCUT2D eigenvalue weighted by Crippen LogP contribution is 2.21. The molecule has 0 amide bonds. The van der Waals surface area contributed by atoms with Gasteiger partial charge in [-0.2, -0.15) is 0 Å². The SMILES string of the molecule is CC.Cc1cc(F)c2c(c1)COCC2. The van der Waals surface area contributed by atoms with Gasteiger partial charge in [-0.25, -0.2) is 4.39 Å². The van der Waals surface area contributed by atoms with Gasteiger partial charge in [-0.3, -0.25) is 0 Å². The van der Waals surface area contributed by atoms with Crippen molar-refractivity contribution in [2.45, 2.75) is 33.8 Å². The zero-order valence-electron chi connectivity index (χ0n) is 9.06. The average molecular weight is 196 g/mol. The van der Waals surface area contributed by atoms with Crippen LogP contribution in [0.2, 0.25) is 0 Å². The molecule has 0 unspecified atom stereocenters. The standard InChI is InChI=1S/C10H11FO.C2H6/c1-7-4-8-6-12-3-2-9(8)10(11)5-7;1-2/h4-5H,2-3,6H2,1H3;1-2H3. The van der Waals surface area contributed by atoms with Gasteiger partial charge in [-0.05, 0) is 36.1 Å². The van der Waals surface area contributed by atoms with E-state index in [-0.39, 0.29) is 5.82 Å². The quantitative estimate of drug-likeness (QED) is 0.619. The van der Waals surface area contributed by atoms with Crippen LogP contribution < -0.4 is 0 Å². The molecule has 1 aliphatic rings. The maximum Gasteiger partial charge on any atom is 0.127 e. The lowest BCUT2D eigenvalue weighted by Crippen LogP contribution is -2.11. The Kier molecular flexibility index (Phi) is 4.08. The van der Waals surface area contributed by atoms with Gasteiger partial charge in [0.2, 0.25) is 0 Å². The lowest BCUT2D eigenvalue weighted by atomic mass is 10.0. The second-order valence-electron chi connectivity index (χ2n) is 3.19. The Labute approximate surface area is 84.9 Å². The summed E-state index contributed by atoms with van der Waals surface area (Å²) < 4.78 is 18.5. The zero-order chi connectivity index (χ0) is 10.6.